The van der Waals surface area contributed by atoms with Gasteiger partial charge in [-0.25, -0.2) is 0 Å². The van der Waals surface area contributed by atoms with Crippen LogP contribution in [-0.4, -0.2) is 12.7 Å². The summed E-state index contributed by atoms with van der Waals surface area (Å²) in [7, 11) is 0. The lowest BCUT2D eigenvalue weighted by molar-refractivity contribution is 0.106. The van der Waals surface area contributed by atoms with Crippen LogP contribution in [0.1, 0.15) is 12.5 Å². The Kier molecular flexibility index (Phi) is 2.69. The van der Waals surface area contributed by atoms with Crippen molar-refractivity contribution < 1.29 is 4.74 Å². The van der Waals surface area contributed by atoms with Gasteiger partial charge in [-0.2, -0.15) is 0 Å². The van der Waals surface area contributed by atoms with Crippen molar-refractivity contribution in [3.63, 3.8) is 0 Å². The van der Waals surface area contributed by atoms with Crippen LogP contribution in [-0.2, 0) is 11.2 Å². The highest BCUT2D eigenvalue weighted by molar-refractivity contribution is 5.20. The van der Waals surface area contributed by atoms with Gasteiger partial charge in [-0.05, 0) is 24.5 Å². The molecule has 0 bridgehead atoms. The van der Waals surface area contributed by atoms with Crippen molar-refractivity contribution >= 4 is 0 Å². The lowest BCUT2D eigenvalue weighted by atomic mass is 9.91. The zero-order valence-corrected chi connectivity index (χ0v) is 8.57. The molecule has 0 saturated carbocycles. The Morgan fingerprint density at radius 1 is 1.36 bits per heavy atom. The second-order valence-electron chi connectivity index (χ2n) is 3.97. The summed E-state index contributed by atoms with van der Waals surface area (Å²) in [4.78, 5) is 0. The van der Waals surface area contributed by atoms with Crippen LogP contribution in [0.5, 0.6) is 0 Å². The summed E-state index contributed by atoms with van der Waals surface area (Å²) in [5, 5.41) is 0. The molecule has 0 amide bonds. The van der Waals surface area contributed by atoms with Crippen molar-refractivity contribution in [3.8, 4) is 0 Å². The second-order valence-corrected chi connectivity index (χ2v) is 3.97. The molecular formula is C13H16O. The van der Waals surface area contributed by atoms with Crippen LogP contribution in [0.2, 0.25) is 0 Å². The number of hydrogen-bond donors (Lipinski definition) is 0. The number of hydrogen-bond acceptors (Lipinski definition) is 1. The minimum absolute atomic E-state index is 0.322. The van der Waals surface area contributed by atoms with E-state index in [4.69, 9.17) is 4.74 Å². The fraction of sp³-hybridized carbons (Fsp3) is 0.385. The normalized spacial score (nSPS) is 26.8. The van der Waals surface area contributed by atoms with E-state index in [9.17, 15) is 0 Å². The van der Waals surface area contributed by atoms with Gasteiger partial charge in [-0.1, -0.05) is 36.9 Å². The van der Waals surface area contributed by atoms with Gasteiger partial charge < -0.3 is 4.74 Å². The van der Waals surface area contributed by atoms with Gasteiger partial charge in [0.15, 0.2) is 0 Å². The molecule has 1 aromatic rings. The van der Waals surface area contributed by atoms with Crippen molar-refractivity contribution in [1.29, 1.82) is 0 Å². The Morgan fingerprint density at radius 2 is 2.07 bits per heavy atom. The average Bonchev–Trinajstić information content (AvgIpc) is 2.51. The molecule has 1 aromatic carbocycles. The van der Waals surface area contributed by atoms with Crippen molar-refractivity contribution in [3.05, 3.63) is 48.0 Å². The van der Waals surface area contributed by atoms with E-state index in [0.717, 1.165) is 13.0 Å². The maximum atomic E-state index is 5.55. The third kappa shape index (κ3) is 1.88. The van der Waals surface area contributed by atoms with E-state index < -0.39 is 0 Å². The van der Waals surface area contributed by atoms with E-state index in [1.807, 2.05) is 6.07 Å². The van der Waals surface area contributed by atoms with E-state index in [1.54, 1.807) is 0 Å². The number of ether oxygens (including phenoxy) is 1. The molecule has 2 atom stereocenters. The quantitative estimate of drug-likeness (QED) is 0.648. The van der Waals surface area contributed by atoms with Gasteiger partial charge in [0.05, 0.1) is 12.7 Å². The van der Waals surface area contributed by atoms with Crippen LogP contribution in [0.4, 0.5) is 0 Å². The topological polar surface area (TPSA) is 9.23 Å². The second kappa shape index (κ2) is 3.97. The monoisotopic (exact) mass is 188 g/mol. The molecule has 0 spiro atoms. The molecule has 1 heterocycles. The van der Waals surface area contributed by atoms with Crippen LogP contribution in [0.25, 0.3) is 0 Å². The molecular weight excluding hydrogens is 172 g/mol. The molecule has 1 aliphatic heterocycles. The molecule has 0 radical (unpaired) electrons. The lowest BCUT2D eigenvalue weighted by Crippen LogP contribution is -2.14. The first-order valence-corrected chi connectivity index (χ1v) is 5.10. The maximum Gasteiger partial charge on any atom is 0.0681 e. The molecule has 14 heavy (non-hydrogen) atoms. The predicted octanol–water partition coefficient (Wildman–Crippen LogP) is 2.82. The smallest absolute Gasteiger partial charge is 0.0681 e. The van der Waals surface area contributed by atoms with Crippen molar-refractivity contribution in [2.45, 2.75) is 19.4 Å². The third-order valence-corrected chi connectivity index (χ3v) is 2.92. The number of benzene rings is 1. The first-order valence-electron chi connectivity index (χ1n) is 5.10. The fourth-order valence-electron chi connectivity index (χ4n) is 1.97. The maximum absolute atomic E-state index is 5.55. The Bertz CT molecular complexity index is 315. The van der Waals surface area contributed by atoms with Crippen LogP contribution < -0.4 is 0 Å². The average molecular weight is 188 g/mol. The number of rotatable bonds is 2. The predicted molar refractivity (Wildman–Crippen MR) is 58.2 cm³/mol. The molecule has 74 valence electrons. The summed E-state index contributed by atoms with van der Waals surface area (Å²) in [5.74, 6) is 0.498. The van der Waals surface area contributed by atoms with E-state index in [1.165, 1.54) is 11.1 Å². The van der Waals surface area contributed by atoms with Crippen molar-refractivity contribution in [2.75, 3.05) is 6.61 Å². The van der Waals surface area contributed by atoms with Gasteiger partial charge in [-0.15, -0.1) is 0 Å². The van der Waals surface area contributed by atoms with Crippen LogP contribution >= 0.6 is 0 Å². The highest BCUT2D eigenvalue weighted by Gasteiger charge is 2.27. The Morgan fingerprint density at radius 3 is 2.64 bits per heavy atom. The molecule has 1 saturated heterocycles. The van der Waals surface area contributed by atoms with Gasteiger partial charge >= 0.3 is 0 Å². The van der Waals surface area contributed by atoms with Crippen LogP contribution in [0.15, 0.2) is 42.5 Å². The van der Waals surface area contributed by atoms with Gasteiger partial charge in [-0.3, -0.25) is 0 Å². The lowest BCUT2D eigenvalue weighted by Gasteiger charge is -2.14. The van der Waals surface area contributed by atoms with Gasteiger partial charge in [0.25, 0.3) is 0 Å². The van der Waals surface area contributed by atoms with Crippen molar-refractivity contribution in [1.82, 2.24) is 0 Å². The highest BCUT2D eigenvalue weighted by Crippen LogP contribution is 2.28. The molecule has 1 aliphatic rings. The first kappa shape index (κ1) is 9.47. The standard InChI is InChI=1S/C13H16O/c1-10-9-14-11(2)13(10)8-12-6-4-3-5-7-12/h3-7,11,13H,1,8-9H2,2H3/t11-,13+/m0/s1. The van der Waals surface area contributed by atoms with E-state index >= 15 is 0 Å². The highest BCUT2D eigenvalue weighted by atomic mass is 16.5. The molecule has 0 N–H and O–H groups in total. The summed E-state index contributed by atoms with van der Waals surface area (Å²) in [6.45, 7) is 6.92. The zero-order valence-electron chi connectivity index (χ0n) is 8.57. The molecule has 0 aliphatic carbocycles. The Hall–Kier alpha value is -1.08. The summed E-state index contributed by atoms with van der Waals surface area (Å²) >= 11 is 0. The van der Waals surface area contributed by atoms with Crippen LogP contribution in [0.3, 0.4) is 0 Å². The van der Waals surface area contributed by atoms with Gasteiger partial charge in [0, 0.05) is 5.92 Å². The molecule has 0 unspecified atom stereocenters. The minimum atomic E-state index is 0.322. The summed E-state index contributed by atoms with van der Waals surface area (Å²) < 4.78 is 5.55. The zero-order chi connectivity index (χ0) is 9.97. The Balaban J connectivity index is 2.07. The third-order valence-electron chi connectivity index (χ3n) is 2.92. The largest absolute Gasteiger partial charge is 0.374 e. The molecule has 1 fully saturated rings. The van der Waals surface area contributed by atoms with Gasteiger partial charge in [0.2, 0.25) is 0 Å². The van der Waals surface area contributed by atoms with E-state index in [0.29, 0.717) is 12.0 Å². The van der Waals surface area contributed by atoms with E-state index in [-0.39, 0.29) is 0 Å². The molecule has 1 nitrogen and oxygen atoms in total. The first-order chi connectivity index (χ1) is 6.77. The minimum Gasteiger partial charge on any atom is -0.374 e. The van der Waals surface area contributed by atoms with Crippen molar-refractivity contribution in [2.24, 2.45) is 5.92 Å². The summed E-state index contributed by atoms with van der Waals surface area (Å²) in [6, 6.07) is 10.5. The summed E-state index contributed by atoms with van der Waals surface area (Å²) in [5.41, 5.74) is 2.61. The summed E-state index contributed by atoms with van der Waals surface area (Å²) in [6.07, 6.45) is 1.38. The molecule has 2 rings (SSSR count). The van der Waals surface area contributed by atoms with Crippen LogP contribution in [0, 0.1) is 5.92 Å². The fourth-order valence-corrected chi connectivity index (χ4v) is 1.97. The van der Waals surface area contributed by atoms with E-state index in [2.05, 4.69) is 37.8 Å². The molecule has 1 heteroatoms. The van der Waals surface area contributed by atoms with Gasteiger partial charge in [0.1, 0.15) is 0 Å². The SMILES string of the molecule is C=C1CO[C@@H](C)[C@@H]1Cc1ccccc1. The molecule has 0 aromatic heterocycles. The Labute approximate surface area is 85.4 Å².